The Morgan fingerprint density at radius 3 is 1.83 bits per heavy atom. The lowest BCUT2D eigenvalue weighted by Crippen LogP contribution is -2.33. The maximum absolute atomic E-state index is 11.8. The van der Waals surface area contributed by atoms with E-state index in [0.717, 1.165) is 5.56 Å². The number of sulfonamides is 1. The molecule has 0 spiro atoms. The fourth-order valence-electron chi connectivity index (χ4n) is 2.28. The van der Waals surface area contributed by atoms with Gasteiger partial charge in [0.05, 0.1) is 5.25 Å². The SMILES string of the molecule is Cc1ccc(-c2ccc([C@H](C)CNS(=O)(=O)C(C)C)cc2)cc1. The molecule has 2 rings (SSSR count). The number of hydrogen-bond donors (Lipinski definition) is 1. The van der Waals surface area contributed by atoms with Crippen LogP contribution in [-0.4, -0.2) is 20.2 Å². The van der Waals surface area contributed by atoms with Gasteiger partial charge in [0.2, 0.25) is 10.0 Å². The first-order valence-corrected chi connectivity index (χ1v) is 9.49. The van der Waals surface area contributed by atoms with Crippen LogP contribution < -0.4 is 4.72 Å². The van der Waals surface area contributed by atoms with Gasteiger partial charge in [-0.05, 0) is 43.4 Å². The van der Waals surface area contributed by atoms with Crippen molar-refractivity contribution in [2.45, 2.75) is 38.9 Å². The molecule has 2 aromatic rings. The van der Waals surface area contributed by atoms with Crippen LogP contribution in [-0.2, 0) is 10.0 Å². The van der Waals surface area contributed by atoms with Gasteiger partial charge in [-0.2, -0.15) is 0 Å². The highest BCUT2D eigenvalue weighted by Gasteiger charge is 2.16. The molecule has 1 N–H and O–H groups in total. The molecular weight excluding hydrogens is 306 g/mol. The molecule has 0 amide bonds. The minimum Gasteiger partial charge on any atom is -0.214 e. The first-order valence-electron chi connectivity index (χ1n) is 7.95. The molecule has 0 aliphatic rings. The van der Waals surface area contributed by atoms with Crippen LogP contribution in [0.3, 0.4) is 0 Å². The molecule has 0 aromatic heterocycles. The molecule has 0 radical (unpaired) electrons. The summed E-state index contributed by atoms with van der Waals surface area (Å²) in [4.78, 5) is 0. The Hall–Kier alpha value is -1.65. The minimum atomic E-state index is -3.21. The number of nitrogens with one attached hydrogen (secondary N) is 1. The zero-order valence-corrected chi connectivity index (χ0v) is 15.0. The number of rotatable bonds is 6. The third kappa shape index (κ3) is 4.66. The summed E-state index contributed by atoms with van der Waals surface area (Å²) in [6.07, 6.45) is 0. The van der Waals surface area contributed by atoms with Crippen LogP contribution in [0.25, 0.3) is 11.1 Å². The Bertz CT molecular complexity index is 732. The molecular formula is C19H25NO2S. The summed E-state index contributed by atoms with van der Waals surface area (Å²) in [6.45, 7) is 7.90. The van der Waals surface area contributed by atoms with Gasteiger partial charge in [0.25, 0.3) is 0 Å². The van der Waals surface area contributed by atoms with E-state index in [2.05, 4.69) is 60.2 Å². The average molecular weight is 331 g/mol. The van der Waals surface area contributed by atoms with E-state index in [4.69, 9.17) is 0 Å². The van der Waals surface area contributed by atoms with Gasteiger partial charge < -0.3 is 0 Å². The maximum Gasteiger partial charge on any atom is 0.213 e. The van der Waals surface area contributed by atoms with E-state index in [9.17, 15) is 8.42 Å². The Labute approximate surface area is 139 Å². The molecule has 0 unspecified atom stereocenters. The largest absolute Gasteiger partial charge is 0.214 e. The molecule has 2 aromatic carbocycles. The van der Waals surface area contributed by atoms with E-state index in [1.54, 1.807) is 13.8 Å². The van der Waals surface area contributed by atoms with E-state index in [1.165, 1.54) is 16.7 Å². The molecule has 0 bridgehead atoms. The lowest BCUT2D eigenvalue weighted by Gasteiger charge is -2.15. The van der Waals surface area contributed by atoms with Gasteiger partial charge in [0, 0.05) is 6.54 Å². The first kappa shape index (κ1) is 17.7. The van der Waals surface area contributed by atoms with Crippen LogP contribution in [0, 0.1) is 6.92 Å². The van der Waals surface area contributed by atoms with E-state index in [1.807, 2.05) is 6.92 Å². The molecule has 1 atom stereocenters. The first-order chi connectivity index (χ1) is 10.8. The van der Waals surface area contributed by atoms with Crippen molar-refractivity contribution in [3.05, 3.63) is 59.7 Å². The summed E-state index contributed by atoms with van der Waals surface area (Å²) in [7, 11) is -3.21. The zero-order chi connectivity index (χ0) is 17.0. The van der Waals surface area contributed by atoms with Gasteiger partial charge >= 0.3 is 0 Å². The Morgan fingerprint density at radius 1 is 0.870 bits per heavy atom. The molecule has 0 aliphatic heterocycles. The average Bonchev–Trinajstić information content (AvgIpc) is 2.53. The highest BCUT2D eigenvalue weighted by atomic mass is 32.2. The van der Waals surface area contributed by atoms with Crippen molar-refractivity contribution in [1.82, 2.24) is 4.72 Å². The normalized spacial score (nSPS) is 13.3. The molecule has 0 aliphatic carbocycles. The lowest BCUT2D eigenvalue weighted by atomic mass is 9.97. The Balaban J connectivity index is 2.05. The monoisotopic (exact) mass is 331 g/mol. The third-order valence-electron chi connectivity index (χ3n) is 4.08. The van der Waals surface area contributed by atoms with Crippen molar-refractivity contribution in [2.24, 2.45) is 0 Å². The number of aryl methyl sites for hydroxylation is 1. The van der Waals surface area contributed by atoms with Crippen molar-refractivity contribution >= 4 is 10.0 Å². The van der Waals surface area contributed by atoms with Gasteiger partial charge in [0.1, 0.15) is 0 Å². The molecule has 0 saturated carbocycles. The highest BCUT2D eigenvalue weighted by Crippen LogP contribution is 2.23. The second-order valence-electron chi connectivity index (χ2n) is 6.33. The van der Waals surface area contributed by atoms with Gasteiger partial charge in [-0.3, -0.25) is 0 Å². The predicted octanol–water partition coefficient (Wildman–Crippen LogP) is 4.09. The van der Waals surface area contributed by atoms with Crippen molar-refractivity contribution in [3.8, 4) is 11.1 Å². The van der Waals surface area contributed by atoms with Crippen molar-refractivity contribution in [1.29, 1.82) is 0 Å². The summed E-state index contributed by atoms with van der Waals surface area (Å²) in [5, 5.41) is -0.404. The van der Waals surface area contributed by atoms with E-state index < -0.39 is 15.3 Å². The van der Waals surface area contributed by atoms with E-state index >= 15 is 0 Å². The molecule has 4 heteroatoms. The Morgan fingerprint density at radius 2 is 1.35 bits per heavy atom. The standard InChI is InChI=1S/C19H25NO2S/c1-14(2)23(21,22)20-13-16(4)17-9-11-19(12-10-17)18-7-5-15(3)6-8-18/h5-12,14,16,20H,13H2,1-4H3/t16-/m1/s1. The quantitative estimate of drug-likeness (QED) is 0.866. The summed E-state index contributed by atoms with van der Waals surface area (Å²) in [5.41, 5.74) is 4.74. The van der Waals surface area contributed by atoms with Crippen LogP contribution in [0.2, 0.25) is 0 Å². The zero-order valence-electron chi connectivity index (χ0n) is 14.2. The van der Waals surface area contributed by atoms with E-state index in [0.29, 0.717) is 6.54 Å². The minimum absolute atomic E-state index is 0.135. The van der Waals surface area contributed by atoms with Gasteiger partial charge in [-0.25, -0.2) is 13.1 Å². The van der Waals surface area contributed by atoms with Crippen LogP contribution in [0.5, 0.6) is 0 Å². The topological polar surface area (TPSA) is 46.2 Å². The van der Waals surface area contributed by atoms with Crippen molar-refractivity contribution in [3.63, 3.8) is 0 Å². The molecule has 0 heterocycles. The van der Waals surface area contributed by atoms with E-state index in [-0.39, 0.29) is 5.92 Å². The number of benzene rings is 2. The molecule has 0 saturated heterocycles. The second-order valence-corrected chi connectivity index (χ2v) is 8.65. The Kier molecular flexibility index (Phi) is 5.60. The van der Waals surface area contributed by atoms with Crippen LogP contribution >= 0.6 is 0 Å². The molecule has 23 heavy (non-hydrogen) atoms. The van der Waals surface area contributed by atoms with Crippen molar-refractivity contribution < 1.29 is 8.42 Å². The number of hydrogen-bond acceptors (Lipinski definition) is 2. The van der Waals surface area contributed by atoms with Gasteiger partial charge in [-0.15, -0.1) is 0 Å². The van der Waals surface area contributed by atoms with Gasteiger partial charge in [0.15, 0.2) is 0 Å². The fraction of sp³-hybridized carbons (Fsp3) is 0.368. The second kappa shape index (κ2) is 7.28. The van der Waals surface area contributed by atoms with Gasteiger partial charge in [-0.1, -0.05) is 61.0 Å². The predicted molar refractivity (Wildman–Crippen MR) is 97.1 cm³/mol. The molecule has 124 valence electrons. The van der Waals surface area contributed by atoms with Crippen LogP contribution in [0.1, 0.15) is 37.8 Å². The van der Waals surface area contributed by atoms with Crippen molar-refractivity contribution in [2.75, 3.05) is 6.54 Å². The third-order valence-corrected chi connectivity index (χ3v) is 5.89. The van der Waals surface area contributed by atoms with Crippen LogP contribution in [0.4, 0.5) is 0 Å². The summed E-state index contributed by atoms with van der Waals surface area (Å²) in [5.74, 6) is 0.135. The molecule has 0 fully saturated rings. The highest BCUT2D eigenvalue weighted by molar-refractivity contribution is 7.90. The summed E-state index contributed by atoms with van der Waals surface area (Å²) >= 11 is 0. The lowest BCUT2D eigenvalue weighted by molar-refractivity contribution is 0.566. The summed E-state index contributed by atoms with van der Waals surface area (Å²) in [6, 6.07) is 16.8. The maximum atomic E-state index is 11.8. The van der Waals surface area contributed by atoms with Crippen LogP contribution in [0.15, 0.2) is 48.5 Å². The molecule has 3 nitrogen and oxygen atoms in total. The fourth-order valence-corrected chi connectivity index (χ4v) is 3.09. The smallest absolute Gasteiger partial charge is 0.213 e. The summed E-state index contributed by atoms with van der Waals surface area (Å²) < 4.78 is 26.3.